The summed E-state index contributed by atoms with van der Waals surface area (Å²) >= 11 is 0. The molecule has 2 aromatic heterocycles. The van der Waals surface area contributed by atoms with Gasteiger partial charge in [0, 0.05) is 58.5 Å². The molecule has 0 spiro atoms. The maximum Gasteiger partial charge on any atom is 0.354 e. The Bertz CT molecular complexity index is 3090. The topological polar surface area (TPSA) is 166 Å². The van der Waals surface area contributed by atoms with Crippen LogP contribution < -0.4 is 9.44 Å². The number of hydrogen-bond donors (Lipinski definition) is 3. The molecule has 2 heterocycles. The van der Waals surface area contributed by atoms with Gasteiger partial charge >= 0.3 is 11.9 Å². The van der Waals surface area contributed by atoms with E-state index in [4.69, 9.17) is 4.74 Å². The lowest BCUT2D eigenvalue weighted by Gasteiger charge is -2.23. The second kappa shape index (κ2) is 20.6. The normalized spacial score (nSPS) is 15.6. The highest BCUT2D eigenvalue weighted by Crippen LogP contribution is 2.41. The van der Waals surface area contributed by atoms with Crippen LogP contribution in [0, 0.1) is 11.8 Å². The molecule has 0 atom stereocenters. The highest BCUT2D eigenvalue weighted by atomic mass is 32.2. The lowest BCUT2D eigenvalue weighted by molar-refractivity contribution is 0.0588. The minimum absolute atomic E-state index is 0.227. The number of nitrogens with one attached hydrogen (secondary N) is 2. The van der Waals surface area contributed by atoms with Gasteiger partial charge in [0.15, 0.2) is 0 Å². The molecular weight excluding hydrogens is 909 g/mol. The molecule has 12 nitrogen and oxygen atoms in total. The molecule has 6 aromatic rings. The van der Waals surface area contributed by atoms with E-state index in [0.29, 0.717) is 28.3 Å². The first-order valence-corrected chi connectivity index (χ1v) is 27.3. The van der Waals surface area contributed by atoms with Gasteiger partial charge in [-0.2, -0.15) is 0 Å². The summed E-state index contributed by atoms with van der Waals surface area (Å²) in [6.07, 6.45) is 13.8. The van der Waals surface area contributed by atoms with E-state index in [-0.39, 0.29) is 21.5 Å². The number of carbonyl (C=O) groups excluding carboxylic acids is 1. The number of fused-ring (bicyclic) bond motifs is 2. The van der Waals surface area contributed by atoms with Crippen LogP contribution in [-0.4, -0.2) is 61.2 Å². The Morgan fingerprint density at radius 1 is 0.565 bits per heavy atom. The molecule has 2 fully saturated rings. The lowest BCUT2D eigenvalue weighted by atomic mass is 9.84. The first-order chi connectivity index (χ1) is 32.5. The van der Waals surface area contributed by atoms with Gasteiger partial charge in [0.2, 0.25) is 20.0 Å². The van der Waals surface area contributed by atoms with Crippen molar-refractivity contribution in [2.75, 3.05) is 7.11 Å². The summed E-state index contributed by atoms with van der Waals surface area (Å²) in [5.74, 6) is -0.230. The summed E-state index contributed by atoms with van der Waals surface area (Å²) in [6.45, 7) is 10.9. The number of carboxylic acids is 1. The number of methoxy groups -OCH3 is 1. The van der Waals surface area contributed by atoms with Crippen molar-refractivity contribution in [3.8, 4) is 22.3 Å². The number of aromatic carboxylic acids is 1. The van der Waals surface area contributed by atoms with E-state index < -0.39 is 37.1 Å². The maximum atomic E-state index is 13.2. The van der Waals surface area contributed by atoms with Crippen LogP contribution in [0.5, 0.6) is 0 Å². The molecule has 0 radical (unpaired) electrons. The number of sulfonamides is 2. The van der Waals surface area contributed by atoms with Crippen molar-refractivity contribution in [1.82, 2.24) is 18.6 Å². The highest BCUT2D eigenvalue weighted by molar-refractivity contribution is 7.90. The maximum absolute atomic E-state index is 13.2. The van der Waals surface area contributed by atoms with Crippen LogP contribution in [0.15, 0.2) is 94.7 Å². The van der Waals surface area contributed by atoms with Gasteiger partial charge in [-0.15, -0.1) is 0 Å². The van der Waals surface area contributed by atoms with Crippen molar-refractivity contribution in [2.24, 2.45) is 25.9 Å². The first kappa shape index (κ1) is 51.6. The van der Waals surface area contributed by atoms with Crippen LogP contribution in [0.3, 0.4) is 0 Å². The number of carbonyl (C=O) groups is 2. The molecule has 0 amide bonds. The molecule has 69 heavy (non-hydrogen) atoms. The van der Waals surface area contributed by atoms with Crippen molar-refractivity contribution in [1.29, 1.82) is 0 Å². The van der Waals surface area contributed by atoms with E-state index in [2.05, 4.69) is 9.44 Å². The molecule has 4 aromatic carbocycles. The van der Waals surface area contributed by atoms with Gasteiger partial charge in [-0.3, -0.25) is 0 Å². The highest BCUT2D eigenvalue weighted by Gasteiger charge is 2.30. The van der Waals surface area contributed by atoms with Crippen LogP contribution in [0.1, 0.15) is 138 Å². The van der Waals surface area contributed by atoms with Crippen molar-refractivity contribution >= 4 is 53.5 Å². The molecule has 2 saturated carbocycles. The van der Waals surface area contributed by atoms with Crippen LogP contribution in [0.25, 0.3) is 43.8 Å². The molecule has 370 valence electrons. The van der Waals surface area contributed by atoms with E-state index in [1.807, 2.05) is 127 Å². The van der Waals surface area contributed by atoms with Gasteiger partial charge in [-0.1, -0.05) is 125 Å². The molecule has 0 unspecified atom stereocenters. The van der Waals surface area contributed by atoms with Crippen LogP contribution >= 0.6 is 0 Å². The molecular formula is C55H70N4O8S2. The van der Waals surface area contributed by atoms with Gasteiger partial charge in [-0.05, 0) is 112 Å². The zero-order chi connectivity index (χ0) is 50.1. The number of benzene rings is 4. The molecule has 14 heteroatoms. The molecule has 0 saturated heterocycles. The Balaban J connectivity index is 0.000000204. The SMILES string of the molecule is COC(=O)c1cc(-c2ccc(S(=O)(=O)NC(C)(C)C)c3ccccc23)c(CC2CCCCC2)n1C.Cn1c(C(=O)O)cc(-c2ccc(S(=O)(=O)NC(C)(C)C)c3ccccc23)c1CC1CCCCC1. The summed E-state index contributed by atoms with van der Waals surface area (Å²) in [6, 6.07) is 25.7. The molecule has 0 aliphatic heterocycles. The van der Waals surface area contributed by atoms with Crippen LogP contribution in [0.4, 0.5) is 0 Å². The third-order valence-corrected chi connectivity index (χ3v) is 17.2. The molecule has 8 rings (SSSR count). The molecule has 0 bridgehead atoms. The van der Waals surface area contributed by atoms with Gasteiger partial charge < -0.3 is 19.0 Å². The van der Waals surface area contributed by atoms with E-state index in [1.165, 1.54) is 58.5 Å². The zero-order valence-corrected chi connectivity index (χ0v) is 43.4. The number of hydrogen-bond acceptors (Lipinski definition) is 7. The number of carboxylic acid groups (broad SMARTS) is 1. The molecule has 2 aliphatic rings. The van der Waals surface area contributed by atoms with Gasteiger partial charge in [0.1, 0.15) is 11.4 Å². The second-order valence-electron chi connectivity index (χ2n) is 21.1. The minimum atomic E-state index is -3.74. The quantitative estimate of drug-likeness (QED) is 0.102. The van der Waals surface area contributed by atoms with Crippen molar-refractivity contribution < 1.29 is 36.3 Å². The second-order valence-corrected chi connectivity index (χ2v) is 24.4. The molecule has 3 N–H and O–H groups in total. The monoisotopic (exact) mass is 978 g/mol. The van der Waals surface area contributed by atoms with Gasteiger partial charge in [-0.25, -0.2) is 35.9 Å². The van der Waals surface area contributed by atoms with E-state index in [1.54, 1.807) is 22.8 Å². The summed E-state index contributed by atoms with van der Waals surface area (Å²) in [5.41, 5.74) is 5.24. The number of nitrogens with zero attached hydrogens (tertiary/aromatic N) is 2. The van der Waals surface area contributed by atoms with E-state index in [9.17, 15) is 31.5 Å². The predicted octanol–water partition coefficient (Wildman–Crippen LogP) is 11.6. The fourth-order valence-corrected chi connectivity index (χ4v) is 13.7. The van der Waals surface area contributed by atoms with E-state index >= 15 is 0 Å². The lowest BCUT2D eigenvalue weighted by Crippen LogP contribution is -2.40. The standard InChI is InChI=1S/C28H36N2O4S.C27H34N2O4S/c1-28(2,3)29-35(32,33)26-16-15-21(20-13-9-10-14-22(20)26)23-18-25(27(31)34-5)30(4)24(23)17-19-11-7-6-8-12-19;1-27(2,3)28-34(32,33)25-15-14-20(19-12-8-9-13-21(19)25)22-17-24(26(30)31)29(4)23(22)16-18-10-6-5-7-11-18/h9-10,13-16,18-19,29H,6-8,11-12,17H2,1-5H3;8-9,12-15,17-18,28H,5-7,10-11,16H2,1-4H3,(H,30,31). The van der Waals surface area contributed by atoms with Crippen LogP contribution in [0.2, 0.25) is 0 Å². The summed E-state index contributed by atoms with van der Waals surface area (Å²) in [7, 11) is -2.33. The smallest absolute Gasteiger partial charge is 0.354 e. The zero-order valence-electron chi connectivity index (χ0n) is 41.7. The average Bonchev–Trinajstić information content (AvgIpc) is 3.79. The third kappa shape index (κ3) is 11.7. The Kier molecular flexibility index (Phi) is 15.4. The van der Waals surface area contributed by atoms with Gasteiger partial charge in [0.25, 0.3) is 0 Å². The summed E-state index contributed by atoms with van der Waals surface area (Å²) in [4.78, 5) is 25.0. The van der Waals surface area contributed by atoms with Crippen molar-refractivity contribution in [3.05, 3.63) is 108 Å². The minimum Gasteiger partial charge on any atom is -0.477 e. The summed E-state index contributed by atoms with van der Waals surface area (Å²) < 4.78 is 67.2. The number of rotatable bonds is 12. The third-order valence-electron chi connectivity index (χ3n) is 13.6. The van der Waals surface area contributed by atoms with Crippen molar-refractivity contribution in [3.63, 3.8) is 0 Å². The Hall–Kier alpha value is -5.28. The number of aromatic nitrogens is 2. The fraction of sp³-hybridized carbons (Fsp3) is 0.455. The first-order valence-electron chi connectivity index (χ1n) is 24.3. The Morgan fingerprint density at radius 3 is 1.29 bits per heavy atom. The van der Waals surface area contributed by atoms with E-state index in [0.717, 1.165) is 70.1 Å². The Labute approximate surface area is 409 Å². The average molecular weight is 979 g/mol. The van der Waals surface area contributed by atoms with Crippen LogP contribution in [-0.2, 0) is 51.7 Å². The van der Waals surface area contributed by atoms with Crippen molar-refractivity contribution in [2.45, 2.75) is 139 Å². The largest absolute Gasteiger partial charge is 0.477 e. The Morgan fingerprint density at radius 2 is 0.928 bits per heavy atom. The number of ether oxygens (including phenoxy) is 1. The number of esters is 1. The predicted molar refractivity (Wildman–Crippen MR) is 276 cm³/mol. The fourth-order valence-electron chi connectivity index (χ4n) is 10.5. The summed E-state index contributed by atoms with van der Waals surface area (Å²) in [5, 5.41) is 12.7. The molecule has 2 aliphatic carbocycles. The van der Waals surface area contributed by atoms with Gasteiger partial charge in [0.05, 0.1) is 16.9 Å².